The lowest BCUT2D eigenvalue weighted by Gasteiger charge is -2.14. The summed E-state index contributed by atoms with van der Waals surface area (Å²) in [6.45, 7) is 6.63. The number of aromatic nitrogens is 1. The molecule has 1 aromatic carbocycles. The summed E-state index contributed by atoms with van der Waals surface area (Å²) >= 11 is 1.69. The monoisotopic (exact) mass is 260 g/mol. The van der Waals surface area contributed by atoms with Crippen molar-refractivity contribution in [1.29, 1.82) is 0 Å². The molecule has 1 heterocycles. The van der Waals surface area contributed by atoms with Crippen molar-refractivity contribution in [1.82, 2.24) is 4.98 Å². The Morgan fingerprint density at radius 1 is 1.22 bits per heavy atom. The summed E-state index contributed by atoms with van der Waals surface area (Å²) in [5, 5.41) is 6.62. The molecule has 0 fully saturated rings. The van der Waals surface area contributed by atoms with Crippen LogP contribution in [0.1, 0.15) is 49.7 Å². The predicted octanol–water partition coefficient (Wildman–Crippen LogP) is 4.83. The third-order valence-electron chi connectivity index (χ3n) is 3.30. The van der Waals surface area contributed by atoms with Gasteiger partial charge in [-0.05, 0) is 37.0 Å². The Labute approximate surface area is 113 Å². The number of nitrogens with zero attached hydrogens (tertiary/aromatic N) is 1. The quantitative estimate of drug-likeness (QED) is 0.833. The van der Waals surface area contributed by atoms with Gasteiger partial charge < -0.3 is 5.32 Å². The van der Waals surface area contributed by atoms with Crippen LogP contribution in [0, 0.1) is 0 Å². The molecule has 0 bridgehead atoms. The van der Waals surface area contributed by atoms with Crippen molar-refractivity contribution < 1.29 is 0 Å². The van der Waals surface area contributed by atoms with E-state index in [0.717, 1.165) is 10.7 Å². The first-order chi connectivity index (χ1) is 8.70. The Bertz CT molecular complexity index is 462. The van der Waals surface area contributed by atoms with E-state index in [1.54, 1.807) is 11.3 Å². The van der Waals surface area contributed by atoms with Gasteiger partial charge in [0.15, 0.2) is 0 Å². The van der Waals surface area contributed by atoms with Crippen LogP contribution in [0.3, 0.4) is 0 Å². The first kappa shape index (κ1) is 13.1. The molecular formula is C15H20N2S. The van der Waals surface area contributed by atoms with Crippen LogP contribution in [0.2, 0.25) is 0 Å². The second-order valence-corrected chi connectivity index (χ2v) is 5.59. The molecule has 0 radical (unpaired) electrons. The van der Waals surface area contributed by atoms with Crippen LogP contribution >= 0.6 is 11.3 Å². The van der Waals surface area contributed by atoms with E-state index in [-0.39, 0.29) is 6.04 Å². The largest absolute Gasteiger partial charge is 0.376 e. The first-order valence-electron chi connectivity index (χ1n) is 6.46. The van der Waals surface area contributed by atoms with Crippen LogP contribution in [0.5, 0.6) is 0 Å². The highest BCUT2D eigenvalue weighted by molar-refractivity contribution is 7.09. The van der Waals surface area contributed by atoms with Crippen LogP contribution in [0.25, 0.3) is 0 Å². The summed E-state index contributed by atoms with van der Waals surface area (Å²) in [7, 11) is 0. The SMILES string of the molecule is CCC(C)c1ccc(NC(C)c2nccs2)cc1. The zero-order chi connectivity index (χ0) is 13.0. The molecule has 0 aliphatic carbocycles. The zero-order valence-electron chi connectivity index (χ0n) is 11.2. The molecule has 1 aromatic heterocycles. The standard InChI is InChI=1S/C15H20N2S/c1-4-11(2)13-5-7-14(8-6-13)17-12(3)15-16-9-10-18-15/h5-12,17H,4H2,1-3H3. The van der Waals surface area contributed by atoms with Crippen LogP contribution in [-0.4, -0.2) is 4.98 Å². The summed E-state index contributed by atoms with van der Waals surface area (Å²) in [5.74, 6) is 0.635. The zero-order valence-corrected chi connectivity index (χ0v) is 12.0. The lowest BCUT2D eigenvalue weighted by Crippen LogP contribution is -2.06. The van der Waals surface area contributed by atoms with Gasteiger partial charge in [-0.2, -0.15) is 0 Å². The lowest BCUT2D eigenvalue weighted by molar-refractivity contribution is 0.733. The van der Waals surface area contributed by atoms with E-state index in [9.17, 15) is 0 Å². The van der Waals surface area contributed by atoms with E-state index < -0.39 is 0 Å². The summed E-state index contributed by atoms with van der Waals surface area (Å²) in [4.78, 5) is 4.33. The van der Waals surface area contributed by atoms with Gasteiger partial charge in [-0.15, -0.1) is 11.3 Å². The van der Waals surface area contributed by atoms with E-state index in [1.807, 2.05) is 11.6 Å². The lowest BCUT2D eigenvalue weighted by atomic mass is 9.98. The molecule has 2 aromatic rings. The number of anilines is 1. The number of hydrogen-bond donors (Lipinski definition) is 1. The van der Waals surface area contributed by atoms with Gasteiger partial charge >= 0.3 is 0 Å². The average molecular weight is 260 g/mol. The average Bonchev–Trinajstić information content (AvgIpc) is 2.92. The highest BCUT2D eigenvalue weighted by Gasteiger charge is 2.08. The number of nitrogens with one attached hydrogen (secondary N) is 1. The van der Waals surface area contributed by atoms with Crippen LogP contribution in [0.15, 0.2) is 35.8 Å². The molecule has 3 heteroatoms. The molecule has 0 spiro atoms. The second kappa shape index (κ2) is 6.01. The van der Waals surface area contributed by atoms with Gasteiger partial charge in [0.2, 0.25) is 0 Å². The fraction of sp³-hybridized carbons (Fsp3) is 0.400. The smallest absolute Gasteiger partial charge is 0.115 e. The minimum absolute atomic E-state index is 0.263. The number of rotatable bonds is 5. The molecule has 0 saturated heterocycles. The minimum atomic E-state index is 0.263. The molecule has 0 amide bonds. The van der Waals surface area contributed by atoms with Crippen LogP contribution < -0.4 is 5.32 Å². The van der Waals surface area contributed by atoms with Crippen molar-refractivity contribution in [3.05, 3.63) is 46.4 Å². The van der Waals surface area contributed by atoms with Gasteiger partial charge in [-0.1, -0.05) is 26.0 Å². The second-order valence-electron chi connectivity index (χ2n) is 4.67. The van der Waals surface area contributed by atoms with Gasteiger partial charge in [0.25, 0.3) is 0 Å². The predicted molar refractivity (Wildman–Crippen MR) is 79.3 cm³/mol. The van der Waals surface area contributed by atoms with E-state index >= 15 is 0 Å². The maximum atomic E-state index is 4.33. The summed E-state index contributed by atoms with van der Waals surface area (Å²) < 4.78 is 0. The van der Waals surface area contributed by atoms with Gasteiger partial charge in [-0.25, -0.2) is 4.98 Å². The topological polar surface area (TPSA) is 24.9 Å². The Morgan fingerprint density at radius 2 is 1.94 bits per heavy atom. The number of thiazole rings is 1. The fourth-order valence-corrected chi connectivity index (χ4v) is 2.55. The molecule has 18 heavy (non-hydrogen) atoms. The third-order valence-corrected chi connectivity index (χ3v) is 4.26. The maximum absolute atomic E-state index is 4.33. The third kappa shape index (κ3) is 3.10. The van der Waals surface area contributed by atoms with Crippen molar-refractivity contribution >= 4 is 17.0 Å². The van der Waals surface area contributed by atoms with Crippen LogP contribution in [-0.2, 0) is 0 Å². The highest BCUT2D eigenvalue weighted by Crippen LogP contribution is 2.24. The number of hydrogen-bond acceptors (Lipinski definition) is 3. The normalized spacial score (nSPS) is 14.2. The van der Waals surface area contributed by atoms with E-state index in [4.69, 9.17) is 0 Å². The molecule has 2 unspecified atom stereocenters. The van der Waals surface area contributed by atoms with Gasteiger partial charge in [0.05, 0.1) is 6.04 Å². The molecule has 0 aliphatic heterocycles. The minimum Gasteiger partial charge on any atom is -0.376 e. The molecule has 0 aliphatic rings. The summed E-state index contributed by atoms with van der Waals surface area (Å²) in [5.41, 5.74) is 2.56. The Kier molecular flexibility index (Phi) is 4.37. The number of benzene rings is 1. The van der Waals surface area contributed by atoms with E-state index in [2.05, 4.69) is 55.3 Å². The van der Waals surface area contributed by atoms with Crippen molar-refractivity contribution in [3.8, 4) is 0 Å². The van der Waals surface area contributed by atoms with Crippen molar-refractivity contribution in [3.63, 3.8) is 0 Å². The van der Waals surface area contributed by atoms with Gasteiger partial charge in [-0.3, -0.25) is 0 Å². The Balaban J connectivity index is 2.02. The van der Waals surface area contributed by atoms with E-state index in [1.165, 1.54) is 12.0 Å². The Hall–Kier alpha value is -1.35. The Morgan fingerprint density at radius 3 is 2.50 bits per heavy atom. The molecule has 1 N–H and O–H groups in total. The highest BCUT2D eigenvalue weighted by atomic mass is 32.1. The van der Waals surface area contributed by atoms with E-state index in [0.29, 0.717) is 5.92 Å². The molecule has 96 valence electrons. The maximum Gasteiger partial charge on any atom is 0.115 e. The molecule has 2 atom stereocenters. The van der Waals surface area contributed by atoms with Gasteiger partial charge in [0, 0.05) is 17.3 Å². The molecule has 0 saturated carbocycles. The van der Waals surface area contributed by atoms with Crippen molar-refractivity contribution in [2.45, 2.75) is 39.2 Å². The fourth-order valence-electron chi connectivity index (χ4n) is 1.90. The van der Waals surface area contributed by atoms with Gasteiger partial charge in [0.1, 0.15) is 5.01 Å². The molecule has 2 rings (SSSR count). The summed E-state index contributed by atoms with van der Waals surface area (Å²) in [6, 6.07) is 9.01. The van der Waals surface area contributed by atoms with Crippen molar-refractivity contribution in [2.24, 2.45) is 0 Å². The molecular weight excluding hydrogens is 240 g/mol. The van der Waals surface area contributed by atoms with Crippen LogP contribution in [0.4, 0.5) is 5.69 Å². The summed E-state index contributed by atoms with van der Waals surface area (Å²) in [6.07, 6.45) is 3.03. The molecule has 2 nitrogen and oxygen atoms in total. The van der Waals surface area contributed by atoms with Crippen molar-refractivity contribution in [2.75, 3.05) is 5.32 Å². The first-order valence-corrected chi connectivity index (χ1v) is 7.34.